The van der Waals surface area contributed by atoms with Gasteiger partial charge in [0, 0.05) is 10.6 Å². The van der Waals surface area contributed by atoms with Gasteiger partial charge in [-0.05, 0) is 37.5 Å². The molecule has 0 unspecified atom stereocenters. The van der Waals surface area contributed by atoms with E-state index in [2.05, 4.69) is 62.4 Å². The number of thioether (sulfide) groups is 1. The maximum absolute atomic E-state index is 2.25. The van der Waals surface area contributed by atoms with E-state index in [1.165, 1.54) is 21.6 Å². The quantitative estimate of drug-likeness (QED) is 0.704. The van der Waals surface area contributed by atoms with E-state index in [1.807, 2.05) is 11.8 Å². The Balaban J connectivity index is 1.90. The summed E-state index contributed by atoms with van der Waals surface area (Å²) < 4.78 is 0. The summed E-state index contributed by atoms with van der Waals surface area (Å²) in [6, 6.07) is 17.4. The zero-order valence-electron chi connectivity index (χ0n) is 10.4. The molecule has 0 fully saturated rings. The van der Waals surface area contributed by atoms with Crippen LogP contribution >= 0.6 is 11.8 Å². The maximum Gasteiger partial charge on any atom is 0.0101 e. The van der Waals surface area contributed by atoms with E-state index in [0.29, 0.717) is 0 Å². The van der Waals surface area contributed by atoms with Crippen LogP contribution in [0.1, 0.15) is 16.7 Å². The van der Waals surface area contributed by atoms with Crippen LogP contribution in [-0.2, 0) is 6.42 Å². The van der Waals surface area contributed by atoms with Gasteiger partial charge in [-0.2, -0.15) is 0 Å². The lowest BCUT2D eigenvalue weighted by Gasteiger charge is -2.06. The minimum atomic E-state index is 1.14. The number of hydrogen-bond donors (Lipinski definition) is 0. The molecular formula is C16H18S. The predicted octanol–water partition coefficient (Wildman–Crippen LogP) is 4.64. The first-order valence-corrected chi connectivity index (χ1v) is 6.98. The topological polar surface area (TPSA) is 0 Å². The fourth-order valence-electron chi connectivity index (χ4n) is 1.88. The third-order valence-electron chi connectivity index (χ3n) is 2.82. The first-order valence-electron chi connectivity index (χ1n) is 6.00. The Morgan fingerprint density at radius 3 is 2.41 bits per heavy atom. The van der Waals surface area contributed by atoms with Crippen molar-refractivity contribution in [3.63, 3.8) is 0 Å². The first kappa shape index (κ1) is 12.3. The summed E-state index contributed by atoms with van der Waals surface area (Å²) in [6.45, 7) is 4.34. The van der Waals surface area contributed by atoms with Crippen LogP contribution < -0.4 is 0 Å². The molecule has 2 aromatic rings. The third kappa shape index (κ3) is 3.64. The van der Waals surface area contributed by atoms with E-state index in [9.17, 15) is 0 Å². The Morgan fingerprint density at radius 1 is 0.941 bits per heavy atom. The molecule has 0 aliphatic rings. The molecule has 0 amide bonds. The van der Waals surface area contributed by atoms with Crippen LogP contribution in [0.3, 0.4) is 0 Å². The zero-order valence-corrected chi connectivity index (χ0v) is 11.3. The lowest BCUT2D eigenvalue weighted by molar-refractivity contribution is 1.15. The van der Waals surface area contributed by atoms with Gasteiger partial charge >= 0.3 is 0 Å². The number of aryl methyl sites for hydroxylation is 3. The Hall–Kier alpha value is -1.21. The van der Waals surface area contributed by atoms with Crippen LogP contribution in [0.4, 0.5) is 0 Å². The molecule has 0 bridgehead atoms. The molecule has 88 valence electrons. The van der Waals surface area contributed by atoms with E-state index in [-0.39, 0.29) is 0 Å². The molecule has 0 aromatic heterocycles. The minimum absolute atomic E-state index is 1.14. The average Bonchev–Trinajstić information content (AvgIpc) is 2.33. The predicted molar refractivity (Wildman–Crippen MR) is 76.8 cm³/mol. The van der Waals surface area contributed by atoms with Gasteiger partial charge in [0.25, 0.3) is 0 Å². The molecule has 2 aromatic carbocycles. The molecule has 0 spiro atoms. The fourth-order valence-corrected chi connectivity index (χ4v) is 2.89. The lowest BCUT2D eigenvalue weighted by atomic mass is 10.2. The zero-order chi connectivity index (χ0) is 12.1. The second-order valence-corrected chi connectivity index (χ2v) is 5.49. The highest BCUT2D eigenvalue weighted by atomic mass is 32.2. The van der Waals surface area contributed by atoms with Gasteiger partial charge in [0.05, 0.1) is 0 Å². The van der Waals surface area contributed by atoms with Crippen molar-refractivity contribution >= 4 is 11.8 Å². The van der Waals surface area contributed by atoms with Gasteiger partial charge < -0.3 is 0 Å². The summed E-state index contributed by atoms with van der Waals surface area (Å²) in [4.78, 5) is 1.41. The van der Waals surface area contributed by atoms with Crippen molar-refractivity contribution in [1.29, 1.82) is 0 Å². The SMILES string of the molecule is Cc1ccc(SCCc2ccccc2)c(C)c1. The van der Waals surface area contributed by atoms with Crippen LogP contribution in [0, 0.1) is 13.8 Å². The summed E-state index contributed by atoms with van der Waals surface area (Å²) in [5, 5.41) is 0. The number of benzene rings is 2. The molecule has 0 saturated heterocycles. The normalized spacial score (nSPS) is 10.5. The molecule has 0 nitrogen and oxygen atoms in total. The van der Waals surface area contributed by atoms with E-state index in [4.69, 9.17) is 0 Å². The first-order chi connectivity index (χ1) is 8.25. The second-order valence-electron chi connectivity index (χ2n) is 4.35. The average molecular weight is 242 g/mol. The monoisotopic (exact) mass is 242 g/mol. The third-order valence-corrected chi connectivity index (χ3v) is 4.00. The smallest absolute Gasteiger partial charge is 0.0101 e. The summed E-state index contributed by atoms with van der Waals surface area (Å²) in [6.07, 6.45) is 1.14. The fraction of sp³-hybridized carbons (Fsp3) is 0.250. The molecule has 2 rings (SSSR count). The summed E-state index contributed by atoms with van der Waals surface area (Å²) >= 11 is 1.95. The molecule has 0 aliphatic heterocycles. The van der Waals surface area contributed by atoms with Crippen molar-refractivity contribution in [2.75, 3.05) is 5.75 Å². The molecule has 0 N–H and O–H groups in total. The highest BCUT2D eigenvalue weighted by molar-refractivity contribution is 7.99. The molecule has 0 aliphatic carbocycles. The Bertz CT molecular complexity index is 474. The largest absolute Gasteiger partial charge is 0.126 e. The Kier molecular flexibility index (Phi) is 4.27. The van der Waals surface area contributed by atoms with Crippen molar-refractivity contribution in [2.24, 2.45) is 0 Å². The minimum Gasteiger partial charge on any atom is -0.126 e. The summed E-state index contributed by atoms with van der Waals surface area (Å²) in [5.74, 6) is 1.15. The van der Waals surface area contributed by atoms with Crippen LogP contribution in [-0.4, -0.2) is 5.75 Å². The molecule has 0 radical (unpaired) electrons. The molecule has 0 saturated carbocycles. The van der Waals surface area contributed by atoms with Gasteiger partial charge in [-0.3, -0.25) is 0 Å². The van der Waals surface area contributed by atoms with E-state index < -0.39 is 0 Å². The molecule has 0 heterocycles. The van der Waals surface area contributed by atoms with E-state index >= 15 is 0 Å². The number of rotatable bonds is 4. The summed E-state index contributed by atoms with van der Waals surface area (Å²) in [5.41, 5.74) is 4.16. The maximum atomic E-state index is 2.25. The van der Waals surface area contributed by atoms with Crippen molar-refractivity contribution in [3.05, 3.63) is 65.2 Å². The second kappa shape index (κ2) is 5.92. The van der Waals surface area contributed by atoms with Crippen molar-refractivity contribution in [2.45, 2.75) is 25.2 Å². The molecular weight excluding hydrogens is 224 g/mol. The van der Waals surface area contributed by atoms with Gasteiger partial charge in [-0.25, -0.2) is 0 Å². The van der Waals surface area contributed by atoms with Gasteiger partial charge in [-0.1, -0.05) is 48.0 Å². The van der Waals surface area contributed by atoms with Crippen LogP contribution in [0.15, 0.2) is 53.4 Å². The van der Waals surface area contributed by atoms with Crippen molar-refractivity contribution in [1.82, 2.24) is 0 Å². The molecule has 1 heteroatoms. The standard InChI is InChI=1S/C16H18S/c1-13-8-9-16(14(2)12-13)17-11-10-15-6-4-3-5-7-15/h3-9,12H,10-11H2,1-2H3. The highest BCUT2D eigenvalue weighted by Crippen LogP contribution is 2.23. The van der Waals surface area contributed by atoms with Gasteiger partial charge in [0.2, 0.25) is 0 Å². The van der Waals surface area contributed by atoms with Crippen LogP contribution in [0.2, 0.25) is 0 Å². The van der Waals surface area contributed by atoms with E-state index in [1.54, 1.807) is 0 Å². The molecule has 0 atom stereocenters. The van der Waals surface area contributed by atoms with Crippen molar-refractivity contribution < 1.29 is 0 Å². The highest BCUT2D eigenvalue weighted by Gasteiger charge is 1.99. The lowest BCUT2D eigenvalue weighted by Crippen LogP contribution is -1.89. The Morgan fingerprint density at radius 2 is 1.71 bits per heavy atom. The summed E-state index contributed by atoms with van der Waals surface area (Å²) in [7, 11) is 0. The van der Waals surface area contributed by atoms with Crippen LogP contribution in [0.25, 0.3) is 0 Å². The Labute approximate surface area is 108 Å². The number of hydrogen-bond acceptors (Lipinski definition) is 1. The van der Waals surface area contributed by atoms with Gasteiger partial charge in [0.15, 0.2) is 0 Å². The van der Waals surface area contributed by atoms with Crippen LogP contribution in [0.5, 0.6) is 0 Å². The van der Waals surface area contributed by atoms with Gasteiger partial charge in [-0.15, -0.1) is 11.8 Å². The van der Waals surface area contributed by atoms with Crippen molar-refractivity contribution in [3.8, 4) is 0 Å². The molecule has 17 heavy (non-hydrogen) atoms. The van der Waals surface area contributed by atoms with E-state index in [0.717, 1.165) is 12.2 Å². The van der Waals surface area contributed by atoms with Gasteiger partial charge in [0.1, 0.15) is 0 Å².